The fraction of sp³-hybridized carbons (Fsp3) is 0.618. The van der Waals surface area contributed by atoms with Crippen molar-refractivity contribution in [3.05, 3.63) is 194 Å². The Bertz CT molecular complexity index is 2110. The van der Waals surface area contributed by atoms with Gasteiger partial charge in [-0.1, -0.05) is 375 Å². The summed E-state index contributed by atoms with van der Waals surface area (Å²) in [6.07, 6.45) is 129. The summed E-state index contributed by atoms with van der Waals surface area (Å²) in [5, 5.41) is 9.73. The number of carbonyl (C=O) groups excluding carboxylic acids is 2. The number of carbonyl (C=O) groups is 2. The normalized spacial score (nSPS) is 13.4. The molecule has 0 rings (SSSR count). The lowest BCUT2D eigenvalue weighted by atomic mass is 10.0. The lowest BCUT2D eigenvalue weighted by Gasteiger charge is -2.15. The second kappa shape index (κ2) is 82.0. The van der Waals surface area contributed by atoms with Gasteiger partial charge in [-0.3, -0.25) is 9.59 Å². The van der Waals surface area contributed by atoms with E-state index in [9.17, 15) is 14.7 Å². The van der Waals surface area contributed by atoms with Gasteiger partial charge >= 0.3 is 11.9 Å². The minimum atomic E-state index is -0.786. The van der Waals surface area contributed by atoms with E-state index in [1.165, 1.54) is 167 Å². The summed E-state index contributed by atoms with van der Waals surface area (Å²) < 4.78 is 10.8. The number of aliphatic hydroxyl groups is 1. The summed E-state index contributed by atoms with van der Waals surface area (Å²) >= 11 is 0. The molecule has 0 amide bonds. The van der Waals surface area contributed by atoms with E-state index in [-0.39, 0.29) is 25.2 Å². The maximum atomic E-state index is 12.4. The highest BCUT2D eigenvalue weighted by atomic mass is 16.6. The van der Waals surface area contributed by atoms with Crippen LogP contribution in [0.3, 0.4) is 0 Å². The molecular formula is C89H144O5. The largest absolute Gasteiger partial charge is 0.462 e. The van der Waals surface area contributed by atoms with Gasteiger partial charge in [0.25, 0.3) is 0 Å². The number of esters is 2. The van der Waals surface area contributed by atoms with Crippen LogP contribution >= 0.6 is 0 Å². The van der Waals surface area contributed by atoms with Gasteiger partial charge in [0, 0.05) is 12.8 Å². The number of allylic oxidation sites excluding steroid dienone is 32. The van der Waals surface area contributed by atoms with Gasteiger partial charge in [0.15, 0.2) is 6.10 Å². The molecular weight excluding hydrogens is 1150 g/mol. The van der Waals surface area contributed by atoms with E-state index in [1.54, 1.807) is 0 Å². The predicted octanol–water partition coefficient (Wildman–Crippen LogP) is 27.9. The van der Waals surface area contributed by atoms with Crippen molar-refractivity contribution < 1.29 is 24.2 Å². The average Bonchev–Trinajstić information content (AvgIpc) is 3.65. The third-order valence-corrected chi connectivity index (χ3v) is 16.4. The molecule has 0 aromatic carbocycles. The first kappa shape index (κ1) is 88.7. The zero-order valence-electron chi connectivity index (χ0n) is 60.9. The van der Waals surface area contributed by atoms with Gasteiger partial charge in [-0.25, -0.2) is 0 Å². The third kappa shape index (κ3) is 79.2. The Morgan fingerprint density at radius 2 is 0.426 bits per heavy atom. The van der Waals surface area contributed by atoms with Crippen LogP contribution in [0.2, 0.25) is 0 Å². The van der Waals surface area contributed by atoms with Crippen LogP contribution in [-0.4, -0.2) is 36.4 Å². The van der Waals surface area contributed by atoms with E-state index < -0.39 is 6.10 Å². The summed E-state index contributed by atoms with van der Waals surface area (Å²) in [5.74, 6) is -0.592. The van der Waals surface area contributed by atoms with Crippen molar-refractivity contribution >= 4 is 11.9 Å². The molecule has 0 aliphatic rings. The number of hydrogen-bond acceptors (Lipinski definition) is 5. The summed E-state index contributed by atoms with van der Waals surface area (Å²) in [5.41, 5.74) is 0. The molecule has 1 N–H and O–H groups in total. The van der Waals surface area contributed by atoms with Crippen LogP contribution in [0, 0.1) is 0 Å². The minimum absolute atomic E-state index is 0.0734. The van der Waals surface area contributed by atoms with Gasteiger partial charge in [-0.05, 0) is 141 Å². The molecule has 0 aliphatic carbocycles. The Hall–Kier alpha value is -5.26. The second-order valence-corrected chi connectivity index (χ2v) is 25.3. The molecule has 1 unspecified atom stereocenters. The van der Waals surface area contributed by atoms with Gasteiger partial charge in [-0.2, -0.15) is 0 Å². The summed E-state index contributed by atoms with van der Waals surface area (Å²) in [6, 6.07) is 0. The summed E-state index contributed by atoms with van der Waals surface area (Å²) in [6.45, 7) is 3.92. The molecule has 530 valence electrons. The molecule has 5 nitrogen and oxygen atoms in total. The maximum Gasteiger partial charge on any atom is 0.306 e. The molecule has 5 heteroatoms. The van der Waals surface area contributed by atoms with E-state index in [2.05, 4.69) is 208 Å². The van der Waals surface area contributed by atoms with Gasteiger partial charge in [-0.15, -0.1) is 0 Å². The minimum Gasteiger partial charge on any atom is -0.462 e. The van der Waals surface area contributed by atoms with Gasteiger partial charge < -0.3 is 14.6 Å². The monoisotopic (exact) mass is 1290 g/mol. The Kier molecular flexibility index (Phi) is 77.4. The first-order valence-corrected chi connectivity index (χ1v) is 39.0. The van der Waals surface area contributed by atoms with Crippen molar-refractivity contribution in [3.8, 4) is 0 Å². The highest BCUT2D eigenvalue weighted by Crippen LogP contribution is 2.17. The van der Waals surface area contributed by atoms with E-state index in [0.29, 0.717) is 12.8 Å². The Labute approximate surface area is 581 Å². The molecule has 94 heavy (non-hydrogen) atoms. The van der Waals surface area contributed by atoms with Crippen LogP contribution in [0.15, 0.2) is 194 Å². The molecule has 0 aromatic heterocycles. The summed E-state index contributed by atoms with van der Waals surface area (Å²) in [4.78, 5) is 24.7. The van der Waals surface area contributed by atoms with Crippen molar-refractivity contribution in [2.24, 2.45) is 0 Å². The van der Waals surface area contributed by atoms with Crippen LogP contribution in [0.4, 0.5) is 0 Å². The zero-order valence-corrected chi connectivity index (χ0v) is 60.9. The molecule has 0 saturated carbocycles. The number of aliphatic hydroxyl groups excluding tert-OH is 1. The Morgan fingerprint density at radius 3 is 0.638 bits per heavy atom. The molecule has 0 radical (unpaired) electrons. The lowest BCUT2D eigenvalue weighted by molar-refractivity contribution is -0.161. The molecule has 0 spiro atoms. The number of hydrogen-bond donors (Lipinski definition) is 1. The molecule has 0 aromatic rings. The third-order valence-electron chi connectivity index (χ3n) is 16.4. The summed E-state index contributed by atoms with van der Waals surface area (Å²) in [7, 11) is 0. The standard InChI is InChI=1S/C89H144O5/c1-3-5-7-9-11-13-15-17-19-21-23-25-27-29-31-33-35-37-39-41-43-44-46-47-49-51-53-55-57-59-61-63-65-67-69-71-73-75-77-79-81-83-88(91)93-86-87(85-90)94-89(92)84-82-80-78-76-74-72-70-68-66-64-62-60-58-56-54-52-50-48-45-42-40-38-36-34-32-30-28-26-24-22-20-18-16-14-12-10-8-6-4-2/h5-8,11-14,17-20,23-26,29-32,35-38,41-43,45,50,52,56,58,87,90H,3-4,9-10,15-16,21-22,27-28,33-34,39-40,44,46-49,51,53-55,57,59-86H2,1-2H3/b7-5-,8-6-,13-11-,14-12-,19-17-,20-18-,25-23-,26-24-,31-29-,32-30-,37-35-,38-36-,43-41-,45-42-,52-50-,58-56-. The van der Waals surface area contributed by atoms with Crippen LogP contribution in [0.1, 0.15) is 335 Å². The van der Waals surface area contributed by atoms with Crippen molar-refractivity contribution in [1.82, 2.24) is 0 Å². The van der Waals surface area contributed by atoms with Crippen LogP contribution in [0.25, 0.3) is 0 Å². The SMILES string of the molecule is CC/C=C\C/C=C\C/C=C\C/C=C\C/C=C\C/C=C\C/C=C\C/C=C\C/C=C\CCCCCCCCCCCCCC(=O)OC(CO)COC(=O)CCCCCCCCCCCCCCCCCCCCC/C=C\C/C=C\C/C=C\C/C=C\C/C=C\C/C=C\C/C=C\CC. The van der Waals surface area contributed by atoms with Crippen LogP contribution in [0.5, 0.6) is 0 Å². The van der Waals surface area contributed by atoms with Gasteiger partial charge in [0.05, 0.1) is 6.61 Å². The van der Waals surface area contributed by atoms with E-state index in [0.717, 1.165) is 141 Å². The van der Waals surface area contributed by atoms with Gasteiger partial charge in [0.1, 0.15) is 6.61 Å². The quantitative estimate of drug-likeness (QED) is 0.0373. The highest BCUT2D eigenvalue weighted by molar-refractivity contribution is 5.70. The predicted molar refractivity (Wildman–Crippen MR) is 416 cm³/mol. The van der Waals surface area contributed by atoms with Crippen molar-refractivity contribution in [2.45, 2.75) is 341 Å². The van der Waals surface area contributed by atoms with Crippen molar-refractivity contribution in [3.63, 3.8) is 0 Å². The Balaban J connectivity index is 3.51. The fourth-order valence-electron chi connectivity index (χ4n) is 10.6. The van der Waals surface area contributed by atoms with E-state index in [4.69, 9.17) is 9.47 Å². The molecule has 0 fully saturated rings. The molecule has 0 heterocycles. The molecule has 0 saturated heterocycles. The number of ether oxygens (including phenoxy) is 2. The van der Waals surface area contributed by atoms with E-state index in [1.807, 2.05) is 0 Å². The highest BCUT2D eigenvalue weighted by Gasteiger charge is 2.16. The lowest BCUT2D eigenvalue weighted by Crippen LogP contribution is -2.28. The van der Waals surface area contributed by atoms with Crippen molar-refractivity contribution in [2.75, 3.05) is 13.2 Å². The van der Waals surface area contributed by atoms with Crippen molar-refractivity contribution in [1.29, 1.82) is 0 Å². The topological polar surface area (TPSA) is 72.8 Å². The fourth-order valence-corrected chi connectivity index (χ4v) is 10.6. The average molecular weight is 1290 g/mol. The van der Waals surface area contributed by atoms with Gasteiger partial charge in [0.2, 0.25) is 0 Å². The maximum absolute atomic E-state index is 12.4. The van der Waals surface area contributed by atoms with Crippen LogP contribution in [-0.2, 0) is 19.1 Å². The molecule has 0 bridgehead atoms. The number of rotatable bonds is 70. The van der Waals surface area contributed by atoms with Crippen LogP contribution < -0.4 is 0 Å². The smallest absolute Gasteiger partial charge is 0.306 e. The zero-order chi connectivity index (χ0) is 67.5. The Morgan fingerprint density at radius 1 is 0.245 bits per heavy atom. The van der Waals surface area contributed by atoms with E-state index >= 15 is 0 Å². The number of unbranched alkanes of at least 4 members (excludes halogenated alkanes) is 30. The molecule has 1 atom stereocenters. The second-order valence-electron chi connectivity index (χ2n) is 25.3. The first-order valence-electron chi connectivity index (χ1n) is 39.0. The molecule has 0 aliphatic heterocycles. The first-order chi connectivity index (χ1) is 46.6.